The number of carbonyl (C=O) groups excluding carboxylic acids is 2. The minimum absolute atomic E-state index is 0.0893. The lowest BCUT2D eigenvalue weighted by molar-refractivity contribution is -0.122. The maximum absolute atomic E-state index is 13.5. The first-order valence-electron chi connectivity index (χ1n) is 12.2. The van der Waals surface area contributed by atoms with Crippen molar-refractivity contribution in [3.8, 4) is 11.5 Å². The van der Waals surface area contributed by atoms with Gasteiger partial charge < -0.3 is 9.47 Å². The van der Waals surface area contributed by atoms with Crippen molar-refractivity contribution in [2.75, 3.05) is 11.5 Å². The number of benzene rings is 3. The number of nitrogens with zero attached hydrogens (tertiary/aromatic N) is 1. The van der Waals surface area contributed by atoms with E-state index in [2.05, 4.69) is 11.9 Å². The van der Waals surface area contributed by atoms with Crippen LogP contribution in [0, 0.1) is 6.92 Å². The van der Waals surface area contributed by atoms with Crippen LogP contribution in [0.1, 0.15) is 29.2 Å². The number of carbonyl (C=O) groups is 2. The summed E-state index contributed by atoms with van der Waals surface area (Å²) in [5.41, 5.74) is 3.69. The van der Waals surface area contributed by atoms with Gasteiger partial charge in [-0.2, -0.15) is 0 Å². The number of amides is 2. The Bertz CT molecular complexity index is 1490. The number of nitrogens with one attached hydrogen (secondary N) is 1. The van der Waals surface area contributed by atoms with Gasteiger partial charge in [0.25, 0.3) is 11.8 Å². The second kappa shape index (κ2) is 12.5. The molecule has 0 radical (unpaired) electrons. The van der Waals surface area contributed by atoms with Gasteiger partial charge in [0.05, 0.1) is 22.3 Å². The second-order valence-electron chi connectivity index (χ2n) is 8.74. The van der Waals surface area contributed by atoms with Gasteiger partial charge >= 0.3 is 0 Å². The number of rotatable bonds is 9. The fraction of sp³-hybridized carbons (Fsp3) is 0.167. The van der Waals surface area contributed by atoms with Crippen molar-refractivity contribution >= 4 is 64.1 Å². The van der Waals surface area contributed by atoms with E-state index in [0.717, 1.165) is 21.6 Å². The monoisotopic (exact) mass is 580 g/mol. The van der Waals surface area contributed by atoms with E-state index in [-0.39, 0.29) is 26.4 Å². The first kappa shape index (κ1) is 28.4. The van der Waals surface area contributed by atoms with Gasteiger partial charge in [-0.3, -0.25) is 19.8 Å². The third kappa shape index (κ3) is 6.33. The van der Waals surface area contributed by atoms with Gasteiger partial charge in [0.2, 0.25) is 0 Å². The minimum atomic E-state index is -0.629. The molecule has 0 saturated carbocycles. The third-order valence-corrected chi connectivity index (χ3v) is 7.00. The van der Waals surface area contributed by atoms with E-state index in [1.165, 1.54) is 6.08 Å². The summed E-state index contributed by atoms with van der Waals surface area (Å²) >= 11 is 17.8. The number of anilines is 1. The Morgan fingerprint density at radius 2 is 1.82 bits per heavy atom. The predicted molar refractivity (Wildman–Crippen MR) is 160 cm³/mol. The molecule has 1 aliphatic rings. The molecule has 1 N–H and O–H groups in total. The molecule has 9 heteroatoms. The van der Waals surface area contributed by atoms with Crippen molar-refractivity contribution in [2.24, 2.45) is 0 Å². The molecule has 1 aliphatic heterocycles. The van der Waals surface area contributed by atoms with Gasteiger partial charge in [0, 0.05) is 5.56 Å². The number of allylic oxidation sites excluding steroid dienone is 1. The summed E-state index contributed by atoms with van der Waals surface area (Å²) in [6.07, 6.45) is 3.72. The van der Waals surface area contributed by atoms with E-state index < -0.39 is 11.8 Å². The number of hydrogen-bond acceptors (Lipinski definition) is 5. The molecule has 4 rings (SSSR count). The van der Waals surface area contributed by atoms with Crippen LogP contribution in [0.2, 0.25) is 10.0 Å². The molecule has 0 aliphatic carbocycles. The van der Waals surface area contributed by atoms with Gasteiger partial charge in [0.1, 0.15) is 12.2 Å². The van der Waals surface area contributed by atoms with Crippen molar-refractivity contribution in [1.29, 1.82) is 0 Å². The average Bonchev–Trinajstić information content (AvgIpc) is 2.90. The predicted octanol–water partition coefficient (Wildman–Crippen LogP) is 6.84. The molecule has 3 aromatic rings. The molecule has 0 aromatic heterocycles. The van der Waals surface area contributed by atoms with E-state index in [4.69, 9.17) is 44.9 Å². The highest BCUT2D eigenvalue weighted by Crippen LogP contribution is 2.37. The summed E-state index contributed by atoms with van der Waals surface area (Å²) in [4.78, 5) is 27.6. The highest BCUT2D eigenvalue weighted by molar-refractivity contribution is 7.80. The first-order chi connectivity index (χ1) is 18.7. The molecular formula is C30H26Cl2N2O4S. The molecule has 0 spiro atoms. The maximum atomic E-state index is 13.5. The Balaban J connectivity index is 1.73. The Morgan fingerprint density at radius 1 is 1.08 bits per heavy atom. The van der Waals surface area contributed by atoms with Crippen LogP contribution >= 0.6 is 35.4 Å². The van der Waals surface area contributed by atoms with Crippen LogP contribution in [0.5, 0.6) is 11.5 Å². The molecule has 1 fully saturated rings. The zero-order chi connectivity index (χ0) is 28.1. The molecule has 0 bridgehead atoms. The van der Waals surface area contributed by atoms with Crippen molar-refractivity contribution in [1.82, 2.24) is 5.32 Å². The quantitative estimate of drug-likeness (QED) is 0.130. The van der Waals surface area contributed by atoms with Gasteiger partial charge in [-0.15, -0.1) is 6.58 Å². The van der Waals surface area contributed by atoms with E-state index in [1.807, 2.05) is 44.2 Å². The highest BCUT2D eigenvalue weighted by Gasteiger charge is 2.35. The van der Waals surface area contributed by atoms with E-state index in [1.54, 1.807) is 30.3 Å². The van der Waals surface area contributed by atoms with E-state index in [0.29, 0.717) is 36.7 Å². The first-order valence-corrected chi connectivity index (χ1v) is 13.3. The molecule has 39 heavy (non-hydrogen) atoms. The Kier molecular flexibility index (Phi) is 9.07. The smallest absolute Gasteiger partial charge is 0.270 e. The Morgan fingerprint density at radius 3 is 2.51 bits per heavy atom. The lowest BCUT2D eigenvalue weighted by Gasteiger charge is -2.29. The number of halogens is 2. The van der Waals surface area contributed by atoms with Crippen LogP contribution in [-0.2, 0) is 22.6 Å². The lowest BCUT2D eigenvalue weighted by atomic mass is 10.0. The third-order valence-electron chi connectivity index (χ3n) is 5.91. The molecule has 1 saturated heterocycles. The van der Waals surface area contributed by atoms with Gasteiger partial charge in [0.15, 0.2) is 16.6 Å². The van der Waals surface area contributed by atoms with Crippen LogP contribution in [-0.4, -0.2) is 23.5 Å². The normalized spacial score (nSPS) is 14.4. The lowest BCUT2D eigenvalue weighted by Crippen LogP contribution is -2.54. The zero-order valence-electron chi connectivity index (χ0n) is 21.4. The molecule has 3 aromatic carbocycles. The van der Waals surface area contributed by atoms with Crippen LogP contribution < -0.4 is 19.7 Å². The molecule has 0 atom stereocenters. The highest BCUT2D eigenvalue weighted by atomic mass is 35.5. The molecule has 6 nitrogen and oxygen atoms in total. The Labute approximate surface area is 242 Å². The maximum Gasteiger partial charge on any atom is 0.270 e. The summed E-state index contributed by atoms with van der Waals surface area (Å²) in [6, 6.07) is 16.5. The van der Waals surface area contributed by atoms with Crippen molar-refractivity contribution in [2.45, 2.75) is 26.9 Å². The molecule has 2 amide bonds. The Hall–Kier alpha value is -3.65. The van der Waals surface area contributed by atoms with E-state index >= 15 is 0 Å². The molecule has 200 valence electrons. The van der Waals surface area contributed by atoms with Crippen molar-refractivity contribution in [3.05, 3.63) is 105 Å². The SMILES string of the molecule is C=CCc1cc(/C=C2\C(=O)NC(=S)N(c3cccc(Cl)c3Cl)C2=O)cc(OCC)c1OCc1ccc(C)cc1. The van der Waals surface area contributed by atoms with Crippen molar-refractivity contribution < 1.29 is 19.1 Å². The average molecular weight is 582 g/mol. The fourth-order valence-electron chi connectivity index (χ4n) is 4.05. The number of thiocarbonyl (C=S) groups is 1. The minimum Gasteiger partial charge on any atom is -0.490 e. The largest absolute Gasteiger partial charge is 0.490 e. The van der Waals surface area contributed by atoms with Gasteiger partial charge in [-0.1, -0.05) is 65.2 Å². The van der Waals surface area contributed by atoms with Crippen LogP contribution in [0.15, 0.2) is 72.8 Å². The van der Waals surface area contributed by atoms with Gasteiger partial charge in [-0.25, -0.2) is 0 Å². The number of hydrogen-bond donors (Lipinski definition) is 1. The second-order valence-corrected chi connectivity index (χ2v) is 9.91. The molecule has 0 unspecified atom stereocenters. The fourth-order valence-corrected chi connectivity index (χ4v) is 4.70. The molecule has 1 heterocycles. The standard InChI is InChI=1S/C30H26Cl2N2O4S/c1-4-7-21-14-20(16-25(37-5-2)27(21)38-17-19-12-10-18(3)11-13-19)15-22-28(35)33-30(39)34(29(22)36)24-9-6-8-23(31)26(24)32/h4,6,8-16H,1,5,7,17H2,2-3H3,(H,33,35,39)/b22-15+. The zero-order valence-corrected chi connectivity index (χ0v) is 23.8. The summed E-state index contributed by atoms with van der Waals surface area (Å²) < 4.78 is 12.1. The van der Waals surface area contributed by atoms with Crippen LogP contribution in [0.3, 0.4) is 0 Å². The summed E-state index contributed by atoms with van der Waals surface area (Å²) in [6.45, 7) is 8.50. The topological polar surface area (TPSA) is 67.9 Å². The summed E-state index contributed by atoms with van der Waals surface area (Å²) in [7, 11) is 0. The molecular weight excluding hydrogens is 555 g/mol. The van der Waals surface area contributed by atoms with Crippen LogP contribution in [0.25, 0.3) is 6.08 Å². The summed E-state index contributed by atoms with van der Waals surface area (Å²) in [5.74, 6) is -0.185. The number of aryl methyl sites for hydroxylation is 1. The van der Waals surface area contributed by atoms with Crippen LogP contribution in [0.4, 0.5) is 5.69 Å². The number of ether oxygens (including phenoxy) is 2. The van der Waals surface area contributed by atoms with E-state index in [9.17, 15) is 9.59 Å². The van der Waals surface area contributed by atoms with Gasteiger partial charge in [-0.05, 0) is 74.0 Å². The van der Waals surface area contributed by atoms with Crippen molar-refractivity contribution in [3.63, 3.8) is 0 Å². The summed E-state index contributed by atoms with van der Waals surface area (Å²) in [5, 5.41) is 2.87.